The molecule has 2 aromatic carbocycles. The van der Waals surface area contributed by atoms with Gasteiger partial charge < -0.3 is 5.73 Å². The first kappa shape index (κ1) is 13.3. The van der Waals surface area contributed by atoms with Crippen LogP contribution >= 0.6 is 0 Å². The number of hydrogen-bond donors (Lipinski definition) is 1. The van der Waals surface area contributed by atoms with Crippen molar-refractivity contribution >= 4 is 0 Å². The zero-order chi connectivity index (χ0) is 13.8. The van der Waals surface area contributed by atoms with E-state index in [1.807, 2.05) is 0 Å². The molecule has 0 bridgehead atoms. The predicted molar refractivity (Wildman–Crippen MR) is 83.5 cm³/mol. The molecule has 1 aliphatic heterocycles. The van der Waals surface area contributed by atoms with Gasteiger partial charge in [0.05, 0.1) is 0 Å². The molecular weight excluding hydrogens is 244 g/mol. The van der Waals surface area contributed by atoms with Crippen LogP contribution in [0.1, 0.15) is 16.7 Å². The number of nitrogens with two attached hydrogens (primary N) is 1. The van der Waals surface area contributed by atoms with Crippen molar-refractivity contribution in [3.8, 4) is 0 Å². The van der Waals surface area contributed by atoms with Gasteiger partial charge in [0.15, 0.2) is 0 Å². The van der Waals surface area contributed by atoms with Gasteiger partial charge in [-0.3, -0.25) is 4.90 Å². The summed E-state index contributed by atoms with van der Waals surface area (Å²) in [6.07, 6.45) is 2.18. The smallest absolute Gasteiger partial charge is 0.0262 e. The third kappa shape index (κ3) is 2.92. The van der Waals surface area contributed by atoms with E-state index < -0.39 is 0 Å². The molecular formula is C18H22N2. The Morgan fingerprint density at radius 3 is 2.40 bits per heavy atom. The van der Waals surface area contributed by atoms with E-state index in [1.165, 1.54) is 16.7 Å². The van der Waals surface area contributed by atoms with Crippen LogP contribution in [0.2, 0.25) is 0 Å². The van der Waals surface area contributed by atoms with Gasteiger partial charge in [-0.15, -0.1) is 0 Å². The van der Waals surface area contributed by atoms with E-state index in [0.717, 1.165) is 32.5 Å². The minimum atomic E-state index is 0.480. The van der Waals surface area contributed by atoms with Gasteiger partial charge in [0, 0.05) is 25.7 Å². The van der Waals surface area contributed by atoms with E-state index in [-0.39, 0.29) is 0 Å². The van der Waals surface area contributed by atoms with Gasteiger partial charge in [-0.1, -0.05) is 54.6 Å². The summed E-state index contributed by atoms with van der Waals surface area (Å²) in [6.45, 7) is 2.86. The monoisotopic (exact) mass is 266 g/mol. The molecule has 0 saturated heterocycles. The maximum Gasteiger partial charge on any atom is 0.0262 e. The van der Waals surface area contributed by atoms with Gasteiger partial charge in [0.2, 0.25) is 0 Å². The summed E-state index contributed by atoms with van der Waals surface area (Å²) in [7, 11) is 0. The summed E-state index contributed by atoms with van der Waals surface area (Å²) in [5.41, 5.74) is 10.3. The van der Waals surface area contributed by atoms with Crippen LogP contribution in [0, 0.1) is 0 Å². The van der Waals surface area contributed by atoms with Crippen LogP contribution in [-0.4, -0.2) is 24.0 Å². The fourth-order valence-corrected chi connectivity index (χ4v) is 3.05. The van der Waals surface area contributed by atoms with Crippen molar-refractivity contribution < 1.29 is 0 Å². The zero-order valence-electron chi connectivity index (χ0n) is 11.8. The van der Waals surface area contributed by atoms with Gasteiger partial charge in [0.25, 0.3) is 0 Å². The fraction of sp³-hybridized carbons (Fsp3) is 0.333. The number of fused-ring (bicyclic) bond motifs is 1. The van der Waals surface area contributed by atoms with Gasteiger partial charge in [-0.25, -0.2) is 0 Å². The number of nitrogens with zero attached hydrogens (tertiary/aromatic N) is 1. The molecule has 3 rings (SSSR count). The SMILES string of the molecule is NCC1Cc2ccccc2CN1CCc1ccccc1. The van der Waals surface area contributed by atoms with Crippen molar-refractivity contribution in [1.29, 1.82) is 0 Å². The number of benzene rings is 2. The van der Waals surface area contributed by atoms with E-state index in [0.29, 0.717) is 6.04 Å². The lowest BCUT2D eigenvalue weighted by Gasteiger charge is -2.36. The Kier molecular flexibility index (Phi) is 4.14. The summed E-state index contributed by atoms with van der Waals surface area (Å²) in [5.74, 6) is 0. The highest BCUT2D eigenvalue weighted by Gasteiger charge is 2.24. The summed E-state index contributed by atoms with van der Waals surface area (Å²) >= 11 is 0. The number of hydrogen-bond acceptors (Lipinski definition) is 2. The Labute approximate surface area is 121 Å². The Bertz CT molecular complexity index is 550. The van der Waals surface area contributed by atoms with Gasteiger partial charge in [-0.05, 0) is 29.5 Å². The Morgan fingerprint density at radius 1 is 0.950 bits per heavy atom. The van der Waals surface area contributed by atoms with Gasteiger partial charge >= 0.3 is 0 Å². The average Bonchev–Trinajstić information content (AvgIpc) is 2.53. The average molecular weight is 266 g/mol. The lowest BCUT2D eigenvalue weighted by Crippen LogP contribution is -2.45. The molecule has 0 aromatic heterocycles. The maximum absolute atomic E-state index is 5.98. The minimum Gasteiger partial charge on any atom is -0.329 e. The standard InChI is InChI=1S/C18H22N2/c19-13-18-12-16-8-4-5-9-17(16)14-20(18)11-10-15-6-2-1-3-7-15/h1-9,18H,10-14,19H2. The Balaban J connectivity index is 1.69. The van der Waals surface area contributed by atoms with Gasteiger partial charge in [-0.2, -0.15) is 0 Å². The lowest BCUT2D eigenvalue weighted by molar-refractivity contribution is 0.178. The molecule has 1 atom stereocenters. The zero-order valence-corrected chi connectivity index (χ0v) is 11.8. The molecule has 104 valence electrons. The first-order chi connectivity index (χ1) is 9.86. The Morgan fingerprint density at radius 2 is 1.65 bits per heavy atom. The maximum atomic E-state index is 5.98. The molecule has 0 spiro atoms. The van der Waals surface area contributed by atoms with Crippen LogP contribution in [-0.2, 0) is 19.4 Å². The molecule has 1 heterocycles. The third-order valence-corrected chi connectivity index (χ3v) is 4.27. The molecule has 0 amide bonds. The normalized spacial score (nSPS) is 18.8. The van der Waals surface area contributed by atoms with E-state index in [2.05, 4.69) is 59.5 Å². The molecule has 2 aromatic rings. The highest BCUT2D eigenvalue weighted by atomic mass is 15.2. The largest absolute Gasteiger partial charge is 0.329 e. The van der Waals surface area contributed by atoms with Crippen LogP contribution in [0.25, 0.3) is 0 Å². The lowest BCUT2D eigenvalue weighted by atomic mass is 9.93. The Hall–Kier alpha value is -1.64. The third-order valence-electron chi connectivity index (χ3n) is 4.27. The highest BCUT2D eigenvalue weighted by Crippen LogP contribution is 2.23. The summed E-state index contributed by atoms with van der Waals surface area (Å²) in [4.78, 5) is 2.54. The molecule has 2 nitrogen and oxygen atoms in total. The predicted octanol–water partition coefficient (Wildman–Crippen LogP) is 2.61. The fourth-order valence-electron chi connectivity index (χ4n) is 3.05. The van der Waals surface area contributed by atoms with Crippen LogP contribution in [0.15, 0.2) is 54.6 Å². The number of rotatable bonds is 4. The summed E-state index contributed by atoms with van der Waals surface area (Å²) in [6, 6.07) is 19.9. The molecule has 2 N–H and O–H groups in total. The molecule has 0 radical (unpaired) electrons. The van der Waals surface area contributed by atoms with E-state index in [4.69, 9.17) is 5.73 Å². The van der Waals surface area contributed by atoms with Crippen LogP contribution in [0.4, 0.5) is 0 Å². The van der Waals surface area contributed by atoms with E-state index in [1.54, 1.807) is 0 Å². The minimum absolute atomic E-state index is 0.480. The summed E-state index contributed by atoms with van der Waals surface area (Å²) < 4.78 is 0. The van der Waals surface area contributed by atoms with Crippen molar-refractivity contribution in [3.63, 3.8) is 0 Å². The second-order valence-electron chi connectivity index (χ2n) is 5.57. The van der Waals surface area contributed by atoms with Gasteiger partial charge in [0.1, 0.15) is 0 Å². The van der Waals surface area contributed by atoms with Crippen molar-refractivity contribution in [1.82, 2.24) is 4.90 Å². The van der Waals surface area contributed by atoms with Crippen molar-refractivity contribution in [3.05, 3.63) is 71.3 Å². The molecule has 2 heteroatoms. The van der Waals surface area contributed by atoms with E-state index in [9.17, 15) is 0 Å². The van der Waals surface area contributed by atoms with Crippen LogP contribution < -0.4 is 5.73 Å². The molecule has 0 aliphatic carbocycles. The van der Waals surface area contributed by atoms with Crippen LogP contribution in [0.5, 0.6) is 0 Å². The quantitative estimate of drug-likeness (QED) is 0.921. The molecule has 20 heavy (non-hydrogen) atoms. The molecule has 0 saturated carbocycles. The summed E-state index contributed by atoms with van der Waals surface area (Å²) in [5, 5.41) is 0. The van der Waals surface area contributed by atoms with Crippen molar-refractivity contribution in [2.24, 2.45) is 5.73 Å². The van der Waals surface area contributed by atoms with Crippen molar-refractivity contribution in [2.75, 3.05) is 13.1 Å². The second kappa shape index (κ2) is 6.21. The molecule has 1 unspecified atom stereocenters. The van der Waals surface area contributed by atoms with E-state index >= 15 is 0 Å². The first-order valence-corrected chi connectivity index (χ1v) is 7.41. The first-order valence-electron chi connectivity index (χ1n) is 7.41. The highest BCUT2D eigenvalue weighted by molar-refractivity contribution is 5.30. The molecule has 1 aliphatic rings. The van der Waals surface area contributed by atoms with Crippen LogP contribution in [0.3, 0.4) is 0 Å². The topological polar surface area (TPSA) is 29.3 Å². The molecule has 0 fully saturated rings. The van der Waals surface area contributed by atoms with Crippen molar-refractivity contribution in [2.45, 2.75) is 25.4 Å². The second-order valence-corrected chi connectivity index (χ2v) is 5.57.